The van der Waals surface area contributed by atoms with Crippen molar-refractivity contribution in [2.75, 3.05) is 4.90 Å². The minimum absolute atomic E-state index is 1.12. The fourth-order valence-electron chi connectivity index (χ4n) is 7.54. The van der Waals surface area contributed by atoms with Crippen LogP contribution in [0.15, 0.2) is 182 Å². The molecule has 49 heavy (non-hydrogen) atoms. The lowest BCUT2D eigenvalue weighted by Crippen LogP contribution is -2.10. The maximum Gasteiger partial charge on any atom is 0.0554 e. The number of benzene rings is 8. The molecule has 0 unspecified atom stereocenters. The van der Waals surface area contributed by atoms with Gasteiger partial charge in [0.1, 0.15) is 0 Å². The molecule has 230 valence electrons. The fraction of sp³-hybridized carbons (Fsp3) is 0. The van der Waals surface area contributed by atoms with Crippen molar-refractivity contribution in [3.8, 4) is 16.8 Å². The highest BCUT2D eigenvalue weighted by molar-refractivity contribution is 7.26. The zero-order valence-electron chi connectivity index (χ0n) is 26.6. The van der Waals surface area contributed by atoms with Crippen molar-refractivity contribution >= 4 is 81.1 Å². The lowest BCUT2D eigenvalue weighted by atomic mass is 10.0. The van der Waals surface area contributed by atoms with Gasteiger partial charge in [-0.3, -0.25) is 0 Å². The molecule has 0 N–H and O–H groups in total. The van der Waals surface area contributed by atoms with Crippen LogP contribution in [0.25, 0.3) is 69.6 Å². The number of fused-ring (bicyclic) bond motifs is 8. The Bertz CT molecular complexity index is 2810. The van der Waals surface area contributed by atoms with Crippen LogP contribution < -0.4 is 4.90 Å². The molecule has 3 heteroatoms. The first-order chi connectivity index (χ1) is 24.3. The van der Waals surface area contributed by atoms with E-state index in [1.165, 1.54) is 69.6 Å². The van der Waals surface area contributed by atoms with Gasteiger partial charge in [0.2, 0.25) is 0 Å². The van der Waals surface area contributed by atoms with E-state index >= 15 is 0 Å². The molecule has 2 nitrogen and oxygen atoms in total. The van der Waals surface area contributed by atoms with Crippen molar-refractivity contribution in [1.82, 2.24) is 4.57 Å². The summed E-state index contributed by atoms with van der Waals surface area (Å²) in [5, 5.41) is 7.64. The zero-order valence-corrected chi connectivity index (χ0v) is 27.4. The number of nitrogens with zero attached hydrogens (tertiary/aromatic N) is 2. The Morgan fingerprint density at radius 1 is 0.429 bits per heavy atom. The van der Waals surface area contributed by atoms with Gasteiger partial charge in [-0.1, -0.05) is 121 Å². The molecule has 10 rings (SSSR count). The van der Waals surface area contributed by atoms with Gasteiger partial charge in [0, 0.05) is 48.0 Å². The summed E-state index contributed by atoms with van der Waals surface area (Å²) in [6.07, 6.45) is 0. The van der Waals surface area contributed by atoms with Crippen LogP contribution in [-0.2, 0) is 0 Å². The maximum atomic E-state index is 2.45. The van der Waals surface area contributed by atoms with Crippen molar-refractivity contribution in [2.24, 2.45) is 0 Å². The second-order valence-electron chi connectivity index (χ2n) is 12.6. The van der Waals surface area contributed by atoms with E-state index in [1.807, 2.05) is 11.3 Å². The highest BCUT2D eigenvalue weighted by Gasteiger charge is 2.21. The highest BCUT2D eigenvalue weighted by Crippen LogP contribution is 2.47. The van der Waals surface area contributed by atoms with Crippen LogP contribution in [0.4, 0.5) is 17.1 Å². The number of thiophene rings is 1. The van der Waals surface area contributed by atoms with Gasteiger partial charge in [-0.25, -0.2) is 0 Å². The molecular weight excluding hydrogens is 613 g/mol. The second-order valence-corrected chi connectivity index (χ2v) is 13.6. The summed E-state index contributed by atoms with van der Waals surface area (Å²) in [5.74, 6) is 0. The molecule has 8 aromatic carbocycles. The summed E-state index contributed by atoms with van der Waals surface area (Å²) < 4.78 is 5.00. The van der Waals surface area contributed by atoms with E-state index in [9.17, 15) is 0 Å². The first-order valence-electron chi connectivity index (χ1n) is 16.7. The van der Waals surface area contributed by atoms with E-state index in [0.717, 1.165) is 17.1 Å². The van der Waals surface area contributed by atoms with E-state index in [0.29, 0.717) is 0 Å². The van der Waals surface area contributed by atoms with Crippen LogP contribution in [-0.4, -0.2) is 4.57 Å². The van der Waals surface area contributed by atoms with E-state index in [4.69, 9.17) is 0 Å². The Morgan fingerprint density at radius 3 is 1.94 bits per heavy atom. The number of hydrogen-bond donors (Lipinski definition) is 0. The number of anilines is 3. The van der Waals surface area contributed by atoms with Crippen molar-refractivity contribution in [2.45, 2.75) is 0 Å². The monoisotopic (exact) mass is 642 g/mol. The van der Waals surface area contributed by atoms with E-state index in [2.05, 4.69) is 191 Å². The third-order valence-corrected chi connectivity index (χ3v) is 11.0. The third kappa shape index (κ3) is 4.47. The van der Waals surface area contributed by atoms with Crippen molar-refractivity contribution in [3.05, 3.63) is 182 Å². The van der Waals surface area contributed by atoms with Crippen LogP contribution in [0.1, 0.15) is 0 Å². The quantitative estimate of drug-likeness (QED) is 0.181. The molecule has 0 saturated heterocycles. The first kappa shape index (κ1) is 27.9. The molecular formula is C46H30N2S. The third-order valence-electron chi connectivity index (χ3n) is 9.77. The molecule has 0 aliphatic carbocycles. The molecule has 2 aromatic heterocycles. The molecule has 0 aliphatic heterocycles. The average Bonchev–Trinajstić information content (AvgIpc) is 3.72. The fourth-order valence-corrected chi connectivity index (χ4v) is 8.80. The normalized spacial score (nSPS) is 11.7. The molecule has 0 saturated carbocycles. The molecule has 2 heterocycles. The van der Waals surface area contributed by atoms with E-state index < -0.39 is 0 Å². The van der Waals surface area contributed by atoms with Gasteiger partial charge in [-0.05, 0) is 82.6 Å². The lowest BCUT2D eigenvalue weighted by Gasteiger charge is -2.27. The number of hydrogen-bond acceptors (Lipinski definition) is 2. The zero-order chi connectivity index (χ0) is 32.3. The van der Waals surface area contributed by atoms with Crippen LogP contribution >= 0.6 is 11.3 Å². The Balaban J connectivity index is 1.24. The highest BCUT2D eigenvalue weighted by atomic mass is 32.1. The largest absolute Gasteiger partial charge is 0.310 e. The Labute approximate surface area is 288 Å². The number of para-hydroxylation sites is 2. The van der Waals surface area contributed by atoms with E-state index in [-0.39, 0.29) is 0 Å². The Kier molecular flexibility index (Phi) is 6.39. The molecule has 0 radical (unpaired) electrons. The summed E-state index contributed by atoms with van der Waals surface area (Å²) in [7, 11) is 0. The standard InChI is InChI=1S/C46H30N2S/c1-3-12-31(13-4-1)32-22-25-35(26-23-32)47(43-20-11-21-44-45(43)39-28-24-33-14-7-8-17-37(33)46(39)49-44)36-27-29-42-40(30-36)38-18-9-10-19-41(38)48(42)34-15-5-2-6-16-34/h1-30H. The van der Waals surface area contributed by atoms with E-state index in [1.54, 1.807) is 0 Å². The molecule has 0 fully saturated rings. The number of aromatic nitrogens is 1. The van der Waals surface area contributed by atoms with Gasteiger partial charge in [0.05, 0.1) is 16.7 Å². The molecule has 0 aliphatic rings. The van der Waals surface area contributed by atoms with Crippen LogP contribution in [0.5, 0.6) is 0 Å². The summed E-state index contributed by atoms with van der Waals surface area (Å²) in [5.41, 5.74) is 9.42. The van der Waals surface area contributed by atoms with Crippen LogP contribution in [0.3, 0.4) is 0 Å². The molecule has 0 spiro atoms. The van der Waals surface area contributed by atoms with Gasteiger partial charge in [-0.2, -0.15) is 0 Å². The first-order valence-corrected chi connectivity index (χ1v) is 17.5. The Morgan fingerprint density at radius 2 is 1.10 bits per heavy atom. The Hall–Kier alpha value is -6.16. The van der Waals surface area contributed by atoms with Crippen molar-refractivity contribution in [1.29, 1.82) is 0 Å². The molecule has 0 atom stereocenters. The summed E-state index contributed by atoms with van der Waals surface area (Å²) in [4.78, 5) is 2.45. The predicted molar refractivity (Wildman–Crippen MR) is 211 cm³/mol. The molecule has 0 amide bonds. The van der Waals surface area contributed by atoms with Crippen LogP contribution in [0, 0.1) is 0 Å². The second kappa shape index (κ2) is 11.2. The van der Waals surface area contributed by atoms with Crippen molar-refractivity contribution in [3.63, 3.8) is 0 Å². The van der Waals surface area contributed by atoms with Crippen molar-refractivity contribution < 1.29 is 0 Å². The lowest BCUT2D eigenvalue weighted by molar-refractivity contribution is 1.18. The van der Waals surface area contributed by atoms with Gasteiger partial charge >= 0.3 is 0 Å². The minimum atomic E-state index is 1.12. The minimum Gasteiger partial charge on any atom is -0.310 e. The van der Waals surface area contributed by atoms with Gasteiger partial charge in [0.15, 0.2) is 0 Å². The number of rotatable bonds is 5. The molecule has 0 bridgehead atoms. The van der Waals surface area contributed by atoms with Gasteiger partial charge in [-0.15, -0.1) is 11.3 Å². The smallest absolute Gasteiger partial charge is 0.0554 e. The average molecular weight is 643 g/mol. The van der Waals surface area contributed by atoms with Crippen LogP contribution in [0.2, 0.25) is 0 Å². The van der Waals surface area contributed by atoms with Gasteiger partial charge < -0.3 is 9.47 Å². The predicted octanol–water partition coefficient (Wildman–Crippen LogP) is 13.4. The summed E-state index contributed by atoms with van der Waals surface area (Å²) in [6.45, 7) is 0. The topological polar surface area (TPSA) is 8.17 Å². The maximum absolute atomic E-state index is 2.45. The molecule has 10 aromatic rings. The summed E-state index contributed by atoms with van der Waals surface area (Å²) >= 11 is 1.89. The summed E-state index contributed by atoms with van der Waals surface area (Å²) in [6, 6.07) is 66.1. The van der Waals surface area contributed by atoms with Gasteiger partial charge in [0.25, 0.3) is 0 Å². The SMILES string of the molecule is c1ccc(-c2ccc(N(c3ccc4c(c3)c3ccccc3n4-c3ccccc3)c3cccc4sc5c6ccccc6ccc5c34)cc2)cc1.